The highest BCUT2D eigenvalue weighted by molar-refractivity contribution is 9.10. The van der Waals surface area contributed by atoms with Gasteiger partial charge in [-0.15, -0.1) is 10.2 Å². The first kappa shape index (κ1) is 16.4. The number of halogens is 1. The monoisotopic (exact) mass is 389 g/mol. The minimum atomic E-state index is -3.62. The van der Waals surface area contributed by atoms with Crippen molar-refractivity contribution in [3.05, 3.63) is 33.7 Å². The normalized spacial score (nSPS) is 11.8. The lowest BCUT2D eigenvalue weighted by Crippen LogP contribution is -2.12. The number of nitrogens with zero attached hydrogens (tertiary/aromatic N) is 2. The quantitative estimate of drug-likeness (QED) is 0.809. The van der Waals surface area contributed by atoms with Gasteiger partial charge in [0.1, 0.15) is 5.01 Å². The Balaban J connectivity index is 2.19. The standard InChI is InChI=1S/C13H16BrN3O2S2/c1-3-9(4-2)12-15-16-13(20-12)17-21(18,19)11-7-5-10(14)6-8-11/h5-9H,3-4H2,1-2H3,(H,16,17). The first-order chi connectivity index (χ1) is 9.96. The van der Waals surface area contributed by atoms with E-state index in [9.17, 15) is 8.42 Å². The molecule has 1 aromatic heterocycles. The van der Waals surface area contributed by atoms with Gasteiger partial charge in [-0.2, -0.15) is 0 Å². The molecular formula is C13H16BrN3O2S2. The smallest absolute Gasteiger partial charge is 0.253 e. The third kappa shape index (κ3) is 4.02. The van der Waals surface area contributed by atoms with Crippen molar-refractivity contribution in [2.75, 3.05) is 4.72 Å². The molecule has 0 spiro atoms. The van der Waals surface area contributed by atoms with Crippen molar-refractivity contribution >= 4 is 42.4 Å². The second-order valence-electron chi connectivity index (χ2n) is 4.52. The number of aromatic nitrogens is 2. The largest absolute Gasteiger partial charge is 0.263 e. The molecule has 0 saturated carbocycles. The predicted molar refractivity (Wildman–Crippen MR) is 88.2 cm³/mol. The average molecular weight is 390 g/mol. The molecule has 0 bridgehead atoms. The molecule has 2 aromatic rings. The van der Waals surface area contributed by atoms with Crippen LogP contribution in [0.3, 0.4) is 0 Å². The maximum atomic E-state index is 12.2. The van der Waals surface area contributed by atoms with Crippen molar-refractivity contribution in [1.29, 1.82) is 0 Å². The second kappa shape index (κ2) is 6.85. The molecule has 21 heavy (non-hydrogen) atoms. The van der Waals surface area contributed by atoms with Gasteiger partial charge in [0.05, 0.1) is 4.90 Å². The zero-order chi connectivity index (χ0) is 15.5. The fraction of sp³-hybridized carbons (Fsp3) is 0.385. The Kier molecular flexibility index (Phi) is 5.34. The molecule has 8 heteroatoms. The number of benzene rings is 1. The maximum Gasteiger partial charge on any atom is 0.263 e. The molecule has 0 saturated heterocycles. The van der Waals surface area contributed by atoms with Gasteiger partial charge < -0.3 is 0 Å². The fourth-order valence-electron chi connectivity index (χ4n) is 1.87. The van der Waals surface area contributed by atoms with Gasteiger partial charge in [-0.25, -0.2) is 8.42 Å². The van der Waals surface area contributed by atoms with Crippen LogP contribution in [0, 0.1) is 0 Å². The third-order valence-electron chi connectivity index (χ3n) is 3.12. The van der Waals surface area contributed by atoms with Crippen LogP contribution in [0.25, 0.3) is 0 Å². The minimum absolute atomic E-state index is 0.199. The minimum Gasteiger partial charge on any atom is -0.253 e. The maximum absolute atomic E-state index is 12.2. The molecule has 0 aliphatic carbocycles. The number of hydrogen-bond acceptors (Lipinski definition) is 5. The van der Waals surface area contributed by atoms with E-state index >= 15 is 0 Å². The molecule has 1 heterocycles. The van der Waals surface area contributed by atoms with Gasteiger partial charge in [-0.1, -0.05) is 41.1 Å². The van der Waals surface area contributed by atoms with Gasteiger partial charge >= 0.3 is 0 Å². The zero-order valence-electron chi connectivity index (χ0n) is 11.7. The lowest BCUT2D eigenvalue weighted by atomic mass is 10.1. The Hall–Kier alpha value is -0.990. The Morgan fingerprint density at radius 2 is 1.81 bits per heavy atom. The van der Waals surface area contributed by atoms with Crippen LogP contribution in [-0.2, 0) is 10.0 Å². The molecule has 114 valence electrons. The highest BCUT2D eigenvalue weighted by Gasteiger charge is 2.18. The average Bonchev–Trinajstić information content (AvgIpc) is 2.88. The molecule has 0 unspecified atom stereocenters. The molecule has 0 fully saturated rings. The van der Waals surface area contributed by atoms with E-state index in [-0.39, 0.29) is 4.90 Å². The summed E-state index contributed by atoms with van der Waals surface area (Å²) in [6.45, 7) is 4.17. The number of rotatable bonds is 6. The summed E-state index contributed by atoms with van der Waals surface area (Å²) in [6, 6.07) is 6.44. The number of hydrogen-bond donors (Lipinski definition) is 1. The summed E-state index contributed by atoms with van der Waals surface area (Å²) >= 11 is 4.57. The zero-order valence-corrected chi connectivity index (χ0v) is 14.9. The highest BCUT2D eigenvalue weighted by Crippen LogP contribution is 2.29. The summed E-state index contributed by atoms with van der Waals surface area (Å²) in [5, 5.41) is 9.19. The van der Waals surface area contributed by atoms with E-state index in [0.29, 0.717) is 11.0 Å². The van der Waals surface area contributed by atoms with Gasteiger partial charge in [0, 0.05) is 10.4 Å². The van der Waals surface area contributed by atoms with Crippen LogP contribution in [0.2, 0.25) is 0 Å². The van der Waals surface area contributed by atoms with Crippen LogP contribution in [0.15, 0.2) is 33.6 Å². The summed E-state index contributed by atoms with van der Waals surface area (Å²) in [5.41, 5.74) is 0. The van der Waals surface area contributed by atoms with Gasteiger partial charge in [-0.05, 0) is 37.1 Å². The molecule has 5 nitrogen and oxygen atoms in total. The molecule has 0 aliphatic rings. The summed E-state index contributed by atoms with van der Waals surface area (Å²) in [4.78, 5) is 0.199. The van der Waals surface area contributed by atoms with E-state index in [4.69, 9.17) is 0 Å². The molecule has 0 atom stereocenters. The van der Waals surface area contributed by atoms with Crippen LogP contribution < -0.4 is 4.72 Å². The van der Waals surface area contributed by atoms with Crippen molar-refractivity contribution in [2.24, 2.45) is 0 Å². The SMILES string of the molecule is CCC(CC)c1nnc(NS(=O)(=O)c2ccc(Br)cc2)s1. The topological polar surface area (TPSA) is 72.0 Å². The van der Waals surface area contributed by atoms with Gasteiger partial charge in [0.15, 0.2) is 0 Å². The van der Waals surface area contributed by atoms with E-state index in [0.717, 1.165) is 22.3 Å². The molecule has 0 radical (unpaired) electrons. The molecule has 1 aromatic carbocycles. The molecule has 0 amide bonds. The highest BCUT2D eigenvalue weighted by atomic mass is 79.9. The predicted octanol–water partition coefficient (Wildman–Crippen LogP) is 4.01. The third-order valence-corrected chi connectivity index (χ3v) is 6.13. The van der Waals surface area contributed by atoms with Crippen LogP contribution in [-0.4, -0.2) is 18.6 Å². The molecule has 1 N–H and O–H groups in total. The van der Waals surface area contributed by atoms with Crippen LogP contribution in [0.1, 0.15) is 37.6 Å². The number of sulfonamides is 1. The van der Waals surface area contributed by atoms with Crippen LogP contribution in [0.5, 0.6) is 0 Å². The Morgan fingerprint density at radius 1 is 1.19 bits per heavy atom. The number of anilines is 1. The Morgan fingerprint density at radius 3 is 2.38 bits per heavy atom. The van der Waals surface area contributed by atoms with E-state index in [1.54, 1.807) is 12.1 Å². The first-order valence-electron chi connectivity index (χ1n) is 6.58. The van der Waals surface area contributed by atoms with Crippen molar-refractivity contribution in [3.8, 4) is 0 Å². The van der Waals surface area contributed by atoms with Crippen molar-refractivity contribution in [1.82, 2.24) is 10.2 Å². The van der Waals surface area contributed by atoms with Crippen molar-refractivity contribution in [3.63, 3.8) is 0 Å². The molecule has 0 aliphatic heterocycles. The van der Waals surface area contributed by atoms with Crippen molar-refractivity contribution < 1.29 is 8.42 Å². The number of nitrogens with one attached hydrogen (secondary N) is 1. The van der Waals surface area contributed by atoms with E-state index in [2.05, 4.69) is 44.7 Å². The van der Waals surface area contributed by atoms with E-state index < -0.39 is 10.0 Å². The molecular weight excluding hydrogens is 374 g/mol. The van der Waals surface area contributed by atoms with Gasteiger partial charge in [0.25, 0.3) is 10.0 Å². The summed E-state index contributed by atoms with van der Waals surface area (Å²) in [5.74, 6) is 0.327. The fourth-order valence-corrected chi connectivity index (χ4v) is 4.37. The second-order valence-corrected chi connectivity index (χ2v) is 8.13. The van der Waals surface area contributed by atoms with Crippen LogP contribution >= 0.6 is 27.3 Å². The first-order valence-corrected chi connectivity index (χ1v) is 9.67. The summed E-state index contributed by atoms with van der Waals surface area (Å²) < 4.78 is 27.8. The van der Waals surface area contributed by atoms with Gasteiger partial charge in [-0.3, -0.25) is 4.72 Å². The Labute approximate surface area is 137 Å². The summed E-state index contributed by atoms with van der Waals surface area (Å²) in [7, 11) is -3.62. The molecule has 2 rings (SSSR count). The lowest BCUT2D eigenvalue weighted by Gasteiger charge is -2.06. The lowest BCUT2D eigenvalue weighted by molar-refractivity contribution is 0.601. The van der Waals surface area contributed by atoms with Crippen LogP contribution in [0.4, 0.5) is 5.13 Å². The van der Waals surface area contributed by atoms with Gasteiger partial charge in [0.2, 0.25) is 5.13 Å². The Bertz CT molecular complexity index is 694. The van der Waals surface area contributed by atoms with E-state index in [1.165, 1.54) is 23.5 Å². The van der Waals surface area contributed by atoms with E-state index in [1.807, 2.05) is 0 Å². The summed E-state index contributed by atoms with van der Waals surface area (Å²) in [6.07, 6.45) is 1.93. The van der Waals surface area contributed by atoms with Crippen molar-refractivity contribution in [2.45, 2.75) is 37.5 Å².